The second kappa shape index (κ2) is 8.67. The standard InChI is InChI=1S/C20H20F3N3O4S/c1-13-2-6-16(7-3-13)26-11-14(10-18(26)27)19(28)25-15-4-8-17(9-5-15)31(29,30)24-12-20(21,22)23/h2-9,14,24H,10-12H2,1H3,(H,25,28). The number of hydrogen-bond donors (Lipinski definition) is 2. The van der Waals surface area contributed by atoms with E-state index in [9.17, 15) is 31.2 Å². The van der Waals surface area contributed by atoms with E-state index in [1.165, 1.54) is 21.8 Å². The average Bonchev–Trinajstić information content (AvgIpc) is 3.09. The number of rotatable bonds is 6. The number of halogens is 3. The van der Waals surface area contributed by atoms with Crippen LogP contribution in [0.5, 0.6) is 0 Å². The van der Waals surface area contributed by atoms with Gasteiger partial charge in [0.05, 0.1) is 10.8 Å². The van der Waals surface area contributed by atoms with Gasteiger partial charge in [0.25, 0.3) is 0 Å². The molecule has 1 fully saturated rings. The Hall–Kier alpha value is -2.92. The van der Waals surface area contributed by atoms with Gasteiger partial charge in [-0.1, -0.05) is 17.7 Å². The molecule has 1 aliphatic rings. The molecule has 1 atom stereocenters. The second-order valence-electron chi connectivity index (χ2n) is 7.19. The average molecular weight is 455 g/mol. The van der Waals surface area contributed by atoms with E-state index in [-0.39, 0.29) is 29.5 Å². The third-order valence-corrected chi connectivity index (χ3v) is 6.15. The van der Waals surface area contributed by atoms with Crippen LogP contribution in [0, 0.1) is 12.8 Å². The lowest BCUT2D eigenvalue weighted by atomic mass is 10.1. The Kier molecular flexibility index (Phi) is 6.37. The minimum Gasteiger partial charge on any atom is -0.326 e. The largest absolute Gasteiger partial charge is 0.402 e. The number of nitrogens with zero attached hydrogens (tertiary/aromatic N) is 1. The Labute approximate surface area is 177 Å². The van der Waals surface area contributed by atoms with Crippen molar-refractivity contribution in [3.63, 3.8) is 0 Å². The predicted molar refractivity (Wildman–Crippen MR) is 108 cm³/mol. The van der Waals surface area contributed by atoms with Crippen molar-refractivity contribution >= 4 is 33.2 Å². The lowest BCUT2D eigenvalue weighted by molar-refractivity contribution is -0.122. The summed E-state index contributed by atoms with van der Waals surface area (Å²) in [6.45, 7) is 0.456. The van der Waals surface area contributed by atoms with Gasteiger partial charge in [0, 0.05) is 24.3 Å². The Bertz CT molecular complexity index is 1070. The van der Waals surface area contributed by atoms with E-state index in [0.29, 0.717) is 5.69 Å². The van der Waals surface area contributed by atoms with Gasteiger partial charge in [0.15, 0.2) is 0 Å². The minimum atomic E-state index is -4.67. The molecule has 2 aromatic rings. The van der Waals surface area contributed by atoms with Gasteiger partial charge in [-0.2, -0.15) is 13.2 Å². The first kappa shape index (κ1) is 22.8. The molecule has 0 radical (unpaired) electrons. The molecular weight excluding hydrogens is 435 g/mol. The maximum absolute atomic E-state index is 12.5. The third kappa shape index (κ3) is 5.82. The van der Waals surface area contributed by atoms with Crippen molar-refractivity contribution in [1.29, 1.82) is 0 Å². The van der Waals surface area contributed by atoms with E-state index < -0.39 is 34.6 Å². The van der Waals surface area contributed by atoms with E-state index in [0.717, 1.165) is 17.7 Å². The molecule has 1 saturated heterocycles. The van der Waals surface area contributed by atoms with Crippen molar-refractivity contribution in [3.8, 4) is 0 Å². The third-order valence-electron chi connectivity index (χ3n) is 4.74. The van der Waals surface area contributed by atoms with Crippen LogP contribution in [-0.2, 0) is 19.6 Å². The van der Waals surface area contributed by atoms with Crippen molar-refractivity contribution in [3.05, 3.63) is 54.1 Å². The van der Waals surface area contributed by atoms with E-state index in [1.54, 1.807) is 12.1 Å². The highest BCUT2D eigenvalue weighted by molar-refractivity contribution is 7.89. The summed E-state index contributed by atoms with van der Waals surface area (Å²) in [7, 11) is -4.34. The van der Waals surface area contributed by atoms with E-state index in [2.05, 4.69) is 5.32 Å². The van der Waals surface area contributed by atoms with Crippen molar-refractivity contribution in [2.75, 3.05) is 23.3 Å². The molecule has 7 nitrogen and oxygen atoms in total. The van der Waals surface area contributed by atoms with Gasteiger partial charge in [0.1, 0.15) is 6.54 Å². The van der Waals surface area contributed by atoms with Crippen molar-refractivity contribution in [2.24, 2.45) is 5.92 Å². The molecule has 0 bridgehead atoms. The summed E-state index contributed by atoms with van der Waals surface area (Å²) in [4.78, 5) is 26.0. The van der Waals surface area contributed by atoms with Gasteiger partial charge in [-0.15, -0.1) is 0 Å². The van der Waals surface area contributed by atoms with Gasteiger partial charge in [-0.05, 0) is 43.3 Å². The van der Waals surface area contributed by atoms with E-state index in [4.69, 9.17) is 0 Å². The van der Waals surface area contributed by atoms with E-state index >= 15 is 0 Å². The molecule has 166 valence electrons. The fourth-order valence-electron chi connectivity index (χ4n) is 3.08. The lowest BCUT2D eigenvalue weighted by Gasteiger charge is -2.17. The lowest BCUT2D eigenvalue weighted by Crippen LogP contribution is -2.33. The molecule has 1 unspecified atom stereocenters. The SMILES string of the molecule is Cc1ccc(N2CC(C(=O)Nc3ccc(S(=O)(=O)NCC(F)(F)F)cc3)CC2=O)cc1. The molecule has 31 heavy (non-hydrogen) atoms. The zero-order valence-electron chi connectivity index (χ0n) is 16.4. The molecule has 1 heterocycles. The highest BCUT2D eigenvalue weighted by Crippen LogP contribution is 2.26. The quantitative estimate of drug-likeness (QED) is 0.700. The zero-order valence-corrected chi connectivity index (χ0v) is 17.3. The van der Waals surface area contributed by atoms with Crippen molar-refractivity contribution < 1.29 is 31.2 Å². The smallest absolute Gasteiger partial charge is 0.326 e. The summed E-state index contributed by atoms with van der Waals surface area (Å²) in [5.74, 6) is -1.18. The van der Waals surface area contributed by atoms with E-state index in [1.807, 2.05) is 19.1 Å². The number of alkyl halides is 3. The summed E-state index contributed by atoms with van der Waals surface area (Å²) in [6, 6.07) is 12.1. The van der Waals surface area contributed by atoms with Crippen molar-refractivity contribution in [2.45, 2.75) is 24.4 Å². The summed E-state index contributed by atoms with van der Waals surface area (Å²) in [6.07, 6.45) is -4.64. The topological polar surface area (TPSA) is 95.6 Å². The number of anilines is 2. The van der Waals surface area contributed by atoms with Crippen LogP contribution in [0.25, 0.3) is 0 Å². The number of benzene rings is 2. The Morgan fingerprint density at radius 3 is 2.29 bits per heavy atom. The zero-order chi connectivity index (χ0) is 22.8. The van der Waals surface area contributed by atoms with Gasteiger partial charge in [-0.25, -0.2) is 13.1 Å². The first-order valence-corrected chi connectivity index (χ1v) is 10.8. The molecular formula is C20H20F3N3O4S. The van der Waals surface area contributed by atoms with Crippen molar-refractivity contribution in [1.82, 2.24) is 4.72 Å². The molecule has 2 aromatic carbocycles. The Morgan fingerprint density at radius 2 is 1.71 bits per heavy atom. The van der Waals surface area contributed by atoms with Crippen LogP contribution < -0.4 is 14.9 Å². The highest BCUT2D eigenvalue weighted by Gasteiger charge is 2.35. The van der Waals surface area contributed by atoms with Crippen LogP contribution in [0.1, 0.15) is 12.0 Å². The summed E-state index contributed by atoms with van der Waals surface area (Å²) < 4.78 is 62.0. The van der Waals surface area contributed by atoms with Crippen LogP contribution in [0.4, 0.5) is 24.5 Å². The Morgan fingerprint density at radius 1 is 1.10 bits per heavy atom. The van der Waals surface area contributed by atoms with Crippen LogP contribution >= 0.6 is 0 Å². The van der Waals surface area contributed by atoms with Crippen LogP contribution in [0.15, 0.2) is 53.4 Å². The number of aryl methyl sites for hydroxylation is 1. The number of hydrogen-bond acceptors (Lipinski definition) is 4. The molecule has 1 aliphatic heterocycles. The van der Waals surface area contributed by atoms with Crippen LogP contribution in [-0.4, -0.2) is 39.5 Å². The number of carbonyl (C=O) groups is 2. The predicted octanol–water partition coefficient (Wildman–Crippen LogP) is 2.83. The summed E-state index contributed by atoms with van der Waals surface area (Å²) in [5.41, 5.74) is 2.01. The highest BCUT2D eigenvalue weighted by atomic mass is 32.2. The second-order valence-corrected chi connectivity index (χ2v) is 8.96. The molecule has 0 saturated carbocycles. The minimum absolute atomic E-state index is 0.0353. The first-order chi connectivity index (χ1) is 14.4. The summed E-state index contributed by atoms with van der Waals surface area (Å²) >= 11 is 0. The molecule has 2 amide bonds. The normalized spacial score (nSPS) is 17.1. The molecule has 0 spiro atoms. The fourth-order valence-corrected chi connectivity index (χ4v) is 4.09. The molecule has 11 heteroatoms. The number of sulfonamides is 1. The van der Waals surface area contributed by atoms with Gasteiger partial charge in [-0.3, -0.25) is 9.59 Å². The summed E-state index contributed by atoms with van der Waals surface area (Å²) in [5, 5.41) is 2.61. The molecule has 0 aromatic heterocycles. The van der Waals surface area contributed by atoms with Crippen LogP contribution in [0.2, 0.25) is 0 Å². The maximum atomic E-state index is 12.5. The monoisotopic (exact) mass is 455 g/mol. The van der Waals surface area contributed by atoms with Crippen LogP contribution in [0.3, 0.4) is 0 Å². The molecule has 0 aliphatic carbocycles. The maximum Gasteiger partial charge on any atom is 0.402 e. The molecule has 3 rings (SSSR count). The fraction of sp³-hybridized carbons (Fsp3) is 0.300. The van der Waals surface area contributed by atoms with Gasteiger partial charge < -0.3 is 10.2 Å². The Balaban J connectivity index is 1.62. The number of amides is 2. The van der Waals surface area contributed by atoms with Gasteiger partial charge >= 0.3 is 6.18 Å². The number of nitrogens with one attached hydrogen (secondary N) is 2. The van der Waals surface area contributed by atoms with Gasteiger partial charge in [0.2, 0.25) is 21.8 Å². The first-order valence-electron chi connectivity index (χ1n) is 9.29. The molecule has 2 N–H and O–H groups in total. The number of carbonyl (C=O) groups excluding carboxylic acids is 2.